The summed E-state index contributed by atoms with van der Waals surface area (Å²) in [4.78, 5) is 16.9. The van der Waals surface area contributed by atoms with Gasteiger partial charge in [0.25, 0.3) is 0 Å². The van der Waals surface area contributed by atoms with E-state index < -0.39 is 0 Å². The molecule has 1 amide bonds. The number of rotatable bonds is 5. The number of benzene rings is 3. The molecule has 3 aromatic carbocycles. The minimum Gasteiger partial charge on any atom is -0.445 e. The van der Waals surface area contributed by atoms with Crippen molar-refractivity contribution < 1.29 is 9.53 Å². The molecule has 1 aromatic heterocycles. The van der Waals surface area contributed by atoms with Crippen molar-refractivity contribution in [1.29, 1.82) is 0 Å². The molecule has 4 aromatic rings. The molecule has 5 heteroatoms. The zero-order chi connectivity index (χ0) is 23.7. The van der Waals surface area contributed by atoms with Gasteiger partial charge in [0.2, 0.25) is 0 Å². The second-order valence-electron chi connectivity index (χ2n) is 9.36. The van der Waals surface area contributed by atoms with E-state index in [-0.39, 0.29) is 6.09 Å². The third-order valence-electron chi connectivity index (χ3n) is 7.04. The molecule has 0 bridgehead atoms. The Morgan fingerprint density at radius 2 is 1.65 bits per heavy atom. The molecule has 0 N–H and O–H groups in total. The molecule has 5 nitrogen and oxygen atoms in total. The van der Waals surface area contributed by atoms with Gasteiger partial charge >= 0.3 is 6.09 Å². The third-order valence-corrected chi connectivity index (χ3v) is 7.04. The molecule has 0 saturated carbocycles. The van der Waals surface area contributed by atoms with Crippen molar-refractivity contribution in [1.82, 2.24) is 14.4 Å². The van der Waals surface area contributed by atoms with Crippen LogP contribution in [0.5, 0.6) is 0 Å². The first kappa shape index (κ1) is 22.5. The largest absolute Gasteiger partial charge is 0.445 e. The van der Waals surface area contributed by atoms with E-state index in [0.717, 1.165) is 37.3 Å². The summed E-state index contributed by atoms with van der Waals surface area (Å²) in [7, 11) is 0. The maximum Gasteiger partial charge on any atom is 0.410 e. The van der Waals surface area contributed by atoms with Crippen LogP contribution in [0.3, 0.4) is 0 Å². The Morgan fingerprint density at radius 1 is 0.882 bits per heavy atom. The van der Waals surface area contributed by atoms with Gasteiger partial charge in [0.05, 0.1) is 0 Å². The van der Waals surface area contributed by atoms with Crippen molar-refractivity contribution in [3.05, 3.63) is 82.9 Å². The molecule has 0 unspecified atom stereocenters. The van der Waals surface area contributed by atoms with E-state index in [2.05, 4.69) is 84.8 Å². The number of ether oxygens (including phenoxy) is 1. The summed E-state index contributed by atoms with van der Waals surface area (Å²) in [6, 6.07) is 21.7. The number of carbonyl (C=O) groups excluding carboxylic acids is 1. The molecule has 1 aliphatic rings. The standard InChI is InChI=1S/C29H33N3O2/c1-4-32-27-8-6-5-7-25(27)26-18-23(10-12-28(26)32)19-30-13-15-31(16-14-30)29(33)34-20-24-11-9-21(2)17-22(24)3/h5-12,17-18H,4,13-16,19-20H2,1-3H3. The van der Waals surface area contributed by atoms with Gasteiger partial charge in [-0.15, -0.1) is 0 Å². The average Bonchev–Trinajstić information content (AvgIpc) is 3.17. The summed E-state index contributed by atoms with van der Waals surface area (Å²) < 4.78 is 8.00. The Morgan fingerprint density at radius 3 is 2.41 bits per heavy atom. The number of piperazine rings is 1. The lowest BCUT2D eigenvalue weighted by molar-refractivity contribution is 0.0699. The minimum atomic E-state index is -0.214. The molecule has 1 saturated heterocycles. The average molecular weight is 456 g/mol. The number of fused-ring (bicyclic) bond motifs is 3. The number of para-hydroxylation sites is 1. The maximum atomic E-state index is 12.6. The van der Waals surface area contributed by atoms with Crippen LogP contribution in [0.1, 0.15) is 29.2 Å². The molecule has 1 fully saturated rings. The fourth-order valence-corrected chi connectivity index (χ4v) is 5.13. The van der Waals surface area contributed by atoms with Crippen molar-refractivity contribution in [2.45, 2.75) is 40.5 Å². The van der Waals surface area contributed by atoms with E-state index in [0.29, 0.717) is 19.7 Å². The van der Waals surface area contributed by atoms with Gasteiger partial charge in [-0.2, -0.15) is 0 Å². The zero-order valence-corrected chi connectivity index (χ0v) is 20.4. The normalized spacial score (nSPS) is 14.7. The molecule has 176 valence electrons. The van der Waals surface area contributed by atoms with Gasteiger partial charge < -0.3 is 14.2 Å². The van der Waals surface area contributed by atoms with Crippen LogP contribution in [-0.4, -0.2) is 46.6 Å². The summed E-state index contributed by atoms with van der Waals surface area (Å²) >= 11 is 0. The molecule has 0 aliphatic carbocycles. The summed E-state index contributed by atoms with van der Waals surface area (Å²) in [6.07, 6.45) is -0.214. The number of hydrogen-bond acceptors (Lipinski definition) is 3. The topological polar surface area (TPSA) is 37.7 Å². The van der Waals surface area contributed by atoms with E-state index in [1.54, 1.807) is 0 Å². The van der Waals surface area contributed by atoms with Gasteiger partial charge in [-0.1, -0.05) is 48.0 Å². The highest BCUT2D eigenvalue weighted by molar-refractivity contribution is 6.08. The fourth-order valence-electron chi connectivity index (χ4n) is 5.13. The Hall–Kier alpha value is -3.31. The highest BCUT2D eigenvalue weighted by atomic mass is 16.6. The second-order valence-corrected chi connectivity index (χ2v) is 9.36. The summed E-state index contributed by atoms with van der Waals surface area (Å²) in [6.45, 7) is 11.6. The first-order chi connectivity index (χ1) is 16.5. The smallest absolute Gasteiger partial charge is 0.410 e. The van der Waals surface area contributed by atoms with E-state index in [4.69, 9.17) is 4.74 Å². The molecular formula is C29H33N3O2. The van der Waals surface area contributed by atoms with Crippen molar-refractivity contribution in [3.63, 3.8) is 0 Å². The number of aryl methyl sites for hydroxylation is 3. The predicted molar refractivity (Wildman–Crippen MR) is 138 cm³/mol. The van der Waals surface area contributed by atoms with E-state index in [1.807, 2.05) is 11.0 Å². The van der Waals surface area contributed by atoms with Gasteiger partial charge in [-0.3, -0.25) is 4.90 Å². The van der Waals surface area contributed by atoms with Gasteiger partial charge in [0.15, 0.2) is 0 Å². The molecule has 0 radical (unpaired) electrons. The van der Waals surface area contributed by atoms with Gasteiger partial charge in [0, 0.05) is 61.1 Å². The second kappa shape index (κ2) is 9.51. The first-order valence-electron chi connectivity index (χ1n) is 12.2. The van der Waals surface area contributed by atoms with E-state index in [9.17, 15) is 4.79 Å². The molecule has 34 heavy (non-hydrogen) atoms. The van der Waals surface area contributed by atoms with Crippen LogP contribution in [0, 0.1) is 13.8 Å². The Balaban J connectivity index is 1.20. The fraction of sp³-hybridized carbons (Fsp3) is 0.345. The van der Waals surface area contributed by atoms with Crippen LogP contribution in [0.15, 0.2) is 60.7 Å². The highest BCUT2D eigenvalue weighted by Crippen LogP contribution is 2.30. The minimum absolute atomic E-state index is 0.214. The monoisotopic (exact) mass is 455 g/mol. The van der Waals surface area contributed by atoms with Gasteiger partial charge in [-0.05, 0) is 55.7 Å². The highest BCUT2D eigenvalue weighted by Gasteiger charge is 2.22. The van der Waals surface area contributed by atoms with Crippen LogP contribution in [0.2, 0.25) is 0 Å². The SMILES string of the molecule is CCn1c2ccccc2c2cc(CN3CCN(C(=O)OCc4ccc(C)cc4C)CC3)ccc21. The number of amides is 1. The van der Waals surface area contributed by atoms with Crippen molar-refractivity contribution in [2.75, 3.05) is 26.2 Å². The number of hydrogen-bond donors (Lipinski definition) is 0. The van der Waals surface area contributed by atoms with Crippen molar-refractivity contribution >= 4 is 27.9 Å². The number of carbonyl (C=O) groups is 1. The van der Waals surface area contributed by atoms with Crippen LogP contribution in [0.4, 0.5) is 4.79 Å². The molecule has 2 heterocycles. The van der Waals surface area contributed by atoms with Crippen molar-refractivity contribution in [2.24, 2.45) is 0 Å². The van der Waals surface area contributed by atoms with Gasteiger partial charge in [-0.25, -0.2) is 4.79 Å². The van der Waals surface area contributed by atoms with E-state index in [1.165, 1.54) is 32.9 Å². The lowest BCUT2D eigenvalue weighted by Crippen LogP contribution is -2.48. The molecular weight excluding hydrogens is 422 g/mol. The van der Waals surface area contributed by atoms with Crippen LogP contribution >= 0.6 is 0 Å². The lowest BCUT2D eigenvalue weighted by atomic mass is 10.1. The summed E-state index contributed by atoms with van der Waals surface area (Å²) in [5, 5.41) is 2.64. The van der Waals surface area contributed by atoms with E-state index >= 15 is 0 Å². The van der Waals surface area contributed by atoms with Crippen molar-refractivity contribution in [3.8, 4) is 0 Å². The number of aromatic nitrogens is 1. The zero-order valence-electron chi connectivity index (χ0n) is 20.4. The van der Waals surface area contributed by atoms with Crippen LogP contribution < -0.4 is 0 Å². The lowest BCUT2D eigenvalue weighted by Gasteiger charge is -2.34. The number of nitrogens with zero attached hydrogens (tertiary/aromatic N) is 3. The molecule has 5 rings (SSSR count). The Labute approximate surface area is 201 Å². The third kappa shape index (κ3) is 4.40. The predicted octanol–water partition coefficient (Wildman–Crippen LogP) is 5.89. The van der Waals surface area contributed by atoms with Crippen LogP contribution in [-0.2, 0) is 24.4 Å². The quantitative estimate of drug-likeness (QED) is 0.377. The van der Waals surface area contributed by atoms with Gasteiger partial charge in [0.1, 0.15) is 6.61 Å². The Kier molecular flexibility index (Phi) is 6.29. The summed E-state index contributed by atoms with van der Waals surface area (Å²) in [5.41, 5.74) is 7.36. The molecule has 0 atom stereocenters. The summed E-state index contributed by atoms with van der Waals surface area (Å²) in [5.74, 6) is 0. The molecule has 0 spiro atoms. The maximum absolute atomic E-state index is 12.6. The van der Waals surface area contributed by atoms with Crippen LogP contribution in [0.25, 0.3) is 21.8 Å². The Bertz CT molecular complexity index is 1330. The first-order valence-corrected chi connectivity index (χ1v) is 12.2. The molecule has 1 aliphatic heterocycles.